The van der Waals surface area contributed by atoms with E-state index in [2.05, 4.69) is 15.3 Å². The van der Waals surface area contributed by atoms with Crippen LogP contribution in [0.25, 0.3) is 0 Å². The zero-order valence-corrected chi connectivity index (χ0v) is 11.3. The van der Waals surface area contributed by atoms with E-state index >= 15 is 0 Å². The van der Waals surface area contributed by atoms with E-state index in [1.54, 1.807) is 19.3 Å². The summed E-state index contributed by atoms with van der Waals surface area (Å²) in [5.41, 5.74) is 1.59. The summed E-state index contributed by atoms with van der Waals surface area (Å²) in [5.74, 6) is -0.336. The fourth-order valence-electron chi connectivity index (χ4n) is 2.23. The summed E-state index contributed by atoms with van der Waals surface area (Å²) in [6.45, 7) is -0.0229. The van der Waals surface area contributed by atoms with E-state index in [1.807, 2.05) is 0 Å². The molecule has 0 unspecified atom stereocenters. The summed E-state index contributed by atoms with van der Waals surface area (Å²) in [6.07, 6.45) is 1.98. The van der Waals surface area contributed by atoms with Gasteiger partial charge in [-0.25, -0.2) is 4.98 Å². The smallest absolute Gasteiger partial charge is 0.261 e. The molecule has 0 atom stereocenters. The molecule has 3 heterocycles. The lowest BCUT2D eigenvalue weighted by Crippen LogP contribution is -2.25. The van der Waals surface area contributed by atoms with E-state index in [0.717, 1.165) is 5.56 Å². The van der Waals surface area contributed by atoms with Crippen LogP contribution in [0, 0.1) is 5.95 Å². The van der Waals surface area contributed by atoms with E-state index in [-0.39, 0.29) is 18.3 Å². The summed E-state index contributed by atoms with van der Waals surface area (Å²) in [6, 6.07) is 4.36. The van der Waals surface area contributed by atoms with E-state index in [0.29, 0.717) is 23.5 Å². The number of halogens is 1. The number of amides is 1. The molecule has 7 heteroatoms. The van der Waals surface area contributed by atoms with Gasteiger partial charge in [0.25, 0.3) is 5.91 Å². The lowest BCUT2D eigenvalue weighted by molar-refractivity contribution is 0.0994. The second kappa shape index (κ2) is 5.10. The maximum absolute atomic E-state index is 13.3. The fraction of sp³-hybridized carbons (Fsp3) is 0.214. The molecule has 1 amide bonds. The molecule has 0 aliphatic carbocycles. The van der Waals surface area contributed by atoms with Crippen molar-refractivity contribution in [2.45, 2.75) is 6.42 Å². The van der Waals surface area contributed by atoms with E-state index in [4.69, 9.17) is 5.11 Å². The molecule has 1 aliphatic heterocycles. The highest BCUT2D eigenvalue weighted by Crippen LogP contribution is 2.32. The predicted octanol–water partition coefficient (Wildman–Crippen LogP) is 1.48. The molecule has 0 spiro atoms. The van der Waals surface area contributed by atoms with Crippen molar-refractivity contribution >= 4 is 23.2 Å². The van der Waals surface area contributed by atoms with Gasteiger partial charge in [0, 0.05) is 19.9 Å². The Morgan fingerprint density at radius 1 is 1.38 bits per heavy atom. The number of nitrogens with one attached hydrogen (secondary N) is 1. The topological polar surface area (TPSA) is 78.4 Å². The fourth-order valence-corrected chi connectivity index (χ4v) is 2.23. The van der Waals surface area contributed by atoms with Crippen molar-refractivity contribution in [1.82, 2.24) is 9.97 Å². The van der Waals surface area contributed by atoms with Crippen LogP contribution in [0.4, 0.5) is 21.7 Å². The Balaban J connectivity index is 2.13. The maximum Gasteiger partial charge on any atom is 0.261 e. The van der Waals surface area contributed by atoms with Crippen LogP contribution in [0.15, 0.2) is 24.4 Å². The molecule has 21 heavy (non-hydrogen) atoms. The van der Waals surface area contributed by atoms with Crippen LogP contribution < -0.4 is 10.2 Å². The highest BCUT2D eigenvalue weighted by atomic mass is 19.1. The van der Waals surface area contributed by atoms with Crippen LogP contribution in [-0.4, -0.2) is 34.6 Å². The second-order valence-electron chi connectivity index (χ2n) is 4.70. The van der Waals surface area contributed by atoms with Crippen LogP contribution in [0.5, 0.6) is 0 Å². The molecule has 2 aromatic heterocycles. The predicted molar refractivity (Wildman–Crippen MR) is 75.2 cm³/mol. The first-order valence-electron chi connectivity index (χ1n) is 6.41. The molecule has 0 fully saturated rings. The number of fused-ring (bicyclic) bond motifs is 2. The Morgan fingerprint density at radius 3 is 2.95 bits per heavy atom. The number of nitrogens with zero attached hydrogens (tertiary/aromatic N) is 3. The number of anilines is 3. The van der Waals surface area contributed by atoms with E-state index in [9.17, 15) is 9.18 Å². The van der Waals surface area contributed by atoms with Crippen molar-refractivity contribution in [1.29, 1.82) is 0 Å². The molecule has 2 aromatic rings. The van der Waals surface area contributed by atoms with E-state index < -0.39 is 5.95 Å². The normalized spacial score (nSPS) is 13.3. The minimum Gasteiger partial charge on any atom is -0.396 e. The average Bonchev–Trinajstić information content (AvgIpc) is 2.56. The lowest BCUT2D eigenvalue weighted by Gasteiger charge is -2.16. The lowest BCUT2D eigenvalue weighted by atomic mass is 10.1. The van der Waals surface area contributed by atoms with Crippen LogP contribution in [-0.2, 0) is 6.42 Å². The largest absolute Gasteiger partial charge is 0.396 e. The maximum atomic E-state index is 13.3. The monoisotopic (exact) mass is 288 g/mol. The minimum atomic E-state index is -0.637. The third-order valence-electron chi connectivity index (χ3n) is 3.32. The van der Waals surface area contributed by atoms with Gasteiger partial charge in [-0.15, -0.1) is 0 Å². The second-order valence-corrected chi connectivity index (χ2v) is 4.70. The Hall–Kier alpha value is -2.54. The first kappa shape index (κ1) is 13.4. The average molecular weight is 288 g/mol. The highest BCUT2D eigenvalue weighted by molar-refractivity contribution is 6.12. The molecular weight excluding hydrogens is 275 g/mol. The van der Waals surface area contributed by atoms with Gasteiger partial charge in [0.1, 0.15) is 5.82 Å². The van der Waals surface area contributed by atoms with Crippen molar-refractivity contribution in [3.8, 4) is 0 Å². The molecule has 6 nitrogen and oxygen atoms in total. The molecule has 0 saturated carbocycles. The van der Waals surface area contributed by atoms with Gasteiger partial charge in [-0.1, -0.05) is 0 Å². The number of hydrogen-bond acceptors (Lipinski definition) is 5. The Bertz CT molecular complexity index is 720. The molecule has 1 aliphatic rings. The molecule has 0 bridgehead atoms. The molecule has 0 aromatic carbocycles. The number of aliphatic hydroxyl groups is 1. The Kier molecular flexibility index (Phi) is 3.26. The summed E-state index contributed by atoms with van der Waals surface area (Å²) in [4.78, 5) is 21.8. The number of pyridine rings is 2. The zero-order valence-electron chi connectivity index (χ0n) is 11.3. The highest BCUT2D eigenvalue weighted by Gasteiger charge is 2.26. The van der Waals surface area contributed by atoms with Crippen LogP contribution >= 0.6 is 0 Å². The molecule has 108 valence electrons. The first-order chi connectivity index (χ1) is 10.1. The van der Waals surface area contributed by atoms with Crippen LogP contribution in [0.1, 0.15) is 15.9 Å². The number of hydrogen-bond donors (Lipinski definition) is 2. The number of aromatic nitrogens is 2. The van der Waals surface area contributed by atoms with Crippen molar-refractivity contribution < 1.29 is 14.3 Å². The van der Waals surface area contributed by atoms with Crippen LogP contribution in [0.3, 0.4) is 0 Å². The van der Waals surface area contributed by atoms with Gasteiger partial charge in [-0.3, -0.25) is 4.79 Å². The van der Waals surface area contributed by atoms with Gasteiger partial charge in [0.15, 0.2) is 5.82 Å². The van der Waals surface area contributed by atoms with Crippen LogP contribution in [0.2, 0.25) is 0 Å². The summed E-state index contributed by atoms with van der Waals surface area (Å²) < 4.78 is 13.3. The molecule has 2 N–H and O–H groups in total. The van der Waals surface area contributed by atoms with Crippen molar-refractivity contribution in [2.24, 2.45) is 0 Å². The number of carbonyl (C=O) groups excluding carboxylic acids is 1. The van der Waals surface area contributed by atoms with E-state index in [1.165, 1.54) is 17.0 Å². The third kappa shape index (κ3) is 2.31. The van der Waals surface area contributed by atoms with Gasteiger partial charge in [-0.05, 0) is 30.2 Å². The number of aliphatic hydroxyl groups excluding tert-OH is 1. The van der Waals surface area contributed by atoms with Crippen molar-refractivity contribution in [3.05, 3.63) is 41.5 Å². The molecule has 0 saturated heterocycles. The minimum absolute atomic E-state index is 0.0229. The Labute approximate surface area is 120 Å². The first-order valence-corrected chi connectivity index (χ1v) is 6.41. The van der Waals surface area contributed by atoms with Crippen molar-refractivity contribution in [2.75, 3.05) is 23.9 Å². The Morgan fingerprint density at radius 2 is 2.19 bits per heavy atom. The number of rotatable bonds is 2. The van der Waals surface area contributed by atoms with Crippen molar-refractivity contribution in [3.63, 3.8) is 0 Å². The molecule has 3 rings (SSSR count). The number of carbonyl (C=O) groups is 1. The standard InChI is InChI=1S/C14H13FN4O2/c1-19-10-2-3-11(15)17-13(10)18-12-9(14(19)21)6-8(4-5-20)7-16-12/h2-3,6-7,20H,4-5H2,1H3,(H,16,17,18). The van der Waals surface area contributed by atoms with Gasteiger partial charge >= 0.3 is 0 Å². The molecular formula is C14H13FN4O2. The van der Waals surface area contributed by atoms with Gasteiger partial charge in [0.2, 0.25) is 5.95 Å². The zero-order chi connectivity index (χ0) is 15.0. The van der Waals surface area contributed by atoms with Gasteiger partial charge in [0.05, 0.1) is 11.3 Å². The SMILES string of the molecule is CN1C(=O)c2cc(CCO)cnc2Nc2nc(F)ccc21. The summed E-state index contributed by atoms with van der Waals surface area (Å²) in [7, 11) is 1.59. The summed E-state index contributed by atoms with van der Waals surface area (Å²) >= 11 is 0. The summed E-state index contributed by atoms with van der Waals surface area (Å²) in [5, 5.41) is 11.9. The van der Waals surface area contributed by atoms with Gasteiger partial charge < -0.3 is 15.3 Å². The molecule has 0 radical (unpaired) electrons. The third-order valence-corrected chi connectivity index (χ3v) is 3.32. The van der Waals surface area contributed by atoms with Gasteiger partial charge in [-0.2, -0.15) is 9.37 Å². The quantitative estimate of drug-likeness (QED) is 0.818.